The van der Waals surface area contributed by atoms with E-state index >= 15 is 0 Å². The summed E-state index contributed by atoms with van der Waals surface area (Å²) in [7, 11) is -9.92. The Hall–Kier alpha value is -1.94. The van der Waals surface area contributed by atoms with Crippen molar-refractivity contribution in [3.8, 4) is 0 Å². The zero-order chi connectivity index (χ0) is 75.3. The van der Waals surface area contributed by atoms with E-state index in [0.29, 0.717) is 37.5 Å². The number of aliphatic hydroxyl groups is 1. The Morgan fingerprint density at radius 1 is 0.275 bits per heavy atom. The lowest BCUT2D eigenvalue weighted by molar-refractivity contribution is -0.161. The number of unbranched alkanes of at least 4 members (excludes halogenated alkanes) is 45. The van der Waals surface area contributed by atoms with E-state index in [-0.39, 0.29) is 25.7 Å². The number of carbonyl (C=O) groups is 4. The van der Waals surface area contributed by atoms with Gasteiger partial charge in [-0.15, -0.1) is 0 Å². The summed E-state index contributed by atoms with van der Waals surface area (Å²) < 4.78 is 68.7. The zero-order valence-corrected chi connectivity index (χ0v) is 69.0. The standard InChI is InChI=1S/C83H162O17P2/c1-9-76(8)62-54-46-38-29-25-21-17-12-10-11-13-19-23-27-31-40-49-57-65-82(87)99-79(70-94-81(86)64-56-48-42-34-37-45-53-61-75(6)7)72-98-102(91,92)96-68-77(84)67-95-101(89,90)97-71-78(100-83(88)66-58-50-41-33-32-36-44-52-60-74(4)5)69-93-80(85)63-55-47-39-30-26-22-18-15-14-16-20-24-28-35-43-51-59-73(2)3/h73-79,84H,9-72H2,1-8H3,(H,89,90)(H,91,92)/t76?,77?,78-,79-/m1/s1. The molecule has 3 N–H and O–H groups in total. The van der Waals surface area contributed by atoms with Gasteiger partial charge in [-0.2, -0.15) is 0 Å². The number of carbonyl (C=O) groups excluding carboxylic acids is 4. The molecule has 0 spiro atoms. The van der Waals surface area contributed by atoms with E-state index in [9.17, 15) is 43.2 Å². The molecule has 0 aromatic heterocycles. The van der Waals surface area contributed by atoms with E-state index in [1.54, 1.807) is 0 Å². The van der Waals surface area contributed by atoms with Crippen molar-refractivity contribution in [3.63, 3.8) is 0 Å². The van der Waals surface area contributed by atoms with Gasteiger partial charge in [0, 0.05) is 25.7 Å². The Balaban J connectivity index is 5.14. The van der Waals surface area contributed by atoms with E-state index in [4.69, 9.17) is 37.0 Å². The predicted molar refractivity (Wildman–Crippen MR) is 418 cm³/mol. The summed E-state index contributed by atoms with van der Waals surface area (Å²) in [5.41, 5.74) is 0. The minimum atomic E-state index is -4.96. The zero-order valence-electron chi connectivity index (χ0n) is 67.2. The SMILES string of the molecule is CCC(C)CCCCCCCCCCCCCCCCCCCCC(=O)O[C@H](COC(=O)CCCCCCCCCC(C)C)COP(=O)(O)OCC(O)COP(=O)(O)OC[C@@H](COC(=O)CCCCCCCCCCCCCCCCCCC(C)C)OC(=O)CCCCCCCCCCC(C)C. The molecule has 0 bridgehead atoms. The lowest BCUT2D eigenvalue weighted by Gasteiger charge is -2.21. The normalized spacial score (nSPS) is 14.3. The van der Waals surface area contributed by atoms with E-state index in [1.807, 2.05) is 0 Å². The number of rotatable bonds is 80. The average molecular weight is 1490 g/mol. The summed E-state index contributed by atoms with van der Waals surface area (Å²) in [6.45, 7) is 14.3. The molecule has 0 fully saturated rings. The topological polar surface area (TPSA) is 237 Å². The number of ether oxygens (including phenoxy) is 4. The van der Waals surface area contributed by atoms with E-state index in [0.717, 1.165) is 108 Å². The van der Waals surface area contributed by atoms with Crippen LogP contribution in [0.4, 0.5) is 0 Å². The Morgan fingerprint density at radius 2 is 0.471 bits per heavy atom. The van der Waals surface area contributed by atoms with Crippen LogP contribution >= 0.6 is 15.6 Å². The van der Waals surface area contributed by atoms with Crippen LogP contribution in [0.3, 0.4) is 0 Å². The fraction of sp³-hybridized carbons (Fsp3) is 0.952. The minimum Gasteiger partial charge on any atom is -0.462 e. The second kappa shape index (κ2) is 72.0. The number of aliphatic hydroxyl groups excluding tert-OH is 1. The molecule has 102 heavy (non-hydrogen) atoms. The van der Waals surface area contributed by atoms with Gasteiger partial charge in [-0.1, -0.05) is 376 Å². The molecule has 4 unspecified atom stereocenters. The molecule has 19 heteroatoms. The molecule has 606 valence electrons. The van der Waals surface area contributed by atoms with E-state index in [1.165, 1.54) is 225 Å². The van der Waals surface area contributed by atoms with Gasteiger partial charge in [0.1, 0.15) is 19.3 Å². The highest BCUT2D eigenvalue weighted by atomic mass is 31.2. The maximum Gasteiger partial charge on any atom is 0.472 e. The van der Waals surface area contributed by atoms with Crippen molar-refractivity contribution in [2.24, 2.45) is 23.7 Å². The highest BCUT2D eigenvalue weighted by molar-refractivity contribution is 7.47. The second-order valence-electron chi connectivity index (χ2n) is 31.5. The third kappa shape index (κ3) is 74.9. The lowest BCUT2D eigenvalue weighted by Crippen LogP contribution is -2.30. The van der Waals surface area contributed by atoms with Crippen molar-refractivity contribution in [1.29, 1.82) is 0 Å². The molecule has 6 atom stereocenters. The van der Waals surface area contributed by atoms with Gasteiger partial charge in [0.25, 0.3) is 0 Å². The Labute approximate surface area is 626 Å². The molecule has 0 amide bonds. The van der Waals surface area contributed by atoms with Gasteiger partial charge in [-0.05, 0) is 49.4 Å². The van der Waals surface area contributed by atoms with Gasteiger partial charge in [-0.25, -0.2) is 9.13 Å². The van der Waals surface area contributed by atoms with Crippen LogP contribution in [0.2, 0.25) is 0 Å². The van der Waals surface area contributed by atoms with E-state index < -0.39 is 97.5 Å². The molecule has 0 aliphatic heterocycles. The third-order valence-corrected chi connectivity index (χ3v) is 21.6. The number of hydrogen-bond acceptors (Lipinski definition) is 15. The van der Waals surface area contributed by atoms with Crippen LogP contribution in [0.25, 0.3) is 0 Å². The first-order valence-electron chi connectivity index (χ1n) is 42.7. The largest absolute Gasteiger partial charge is 0.472 e. The molecule has 0 radical (unpaired) electrons. The Morgan fingerprint density at radius 3 is 0.696 bits per heavy atom. The first-order valence-corrected chi connectivity index (χ1v) is 45.7. The molecule has 0 aliphatic rings. The van der Waals surface area contributed by atoms with Crippen LogP contribution in [0, 0.1) is 23.7 Å². The van der Waals surface area contributed by atoms with Gasteiger partial charge in [0.15, 0.2) is 12.2 Å². The Kier molecular flexibility index (Phi) is 70.6. The first kappa shape index (κ1) is 100. The van der Waals surface area contributed by atoms with Crippen LogP contribution in [0.1, 0.15) is 428 Å². The van der Waals surface area contributed by atoms with Crippen molar-refractivity contribution in [1.82, 2.24) is 0 Å². The predicted octanol–water partition coefficient (Wildman–Crippen LogP) is 24.8. The minimum absolute atomic E-state index is 0.105. The van der Waals surface area contributed by atoms with Crippen molar-refractivity contribution in [3.05, 3.63) is 0 Å². The molecule has 0 heterocycles. The van der Waals surface area contributed by atoms with Gasteiger partial charge >= 0.3 is 39.5 Å². The molecule has 0 aromatic rings. The maximum absolute atomic E-state index is 13.1. The third-order valence-electron chi connectivity index (χ3n) is 19.7. The molecule has 0 saturated heterocycles. The second-order valence-corrected chi connectivity index (χ2v) is 34.4. The van der Waals surface area contributed by atoms with Crippen molar-refractivity contribution >= 4 is 39.5 Å². The molecule has 0 aromatic carbocycles. The van der Waals surface area contributed by atoms with Crippen LogP contribution in [-0.2, 0) is 65.4 Å². The van der Waals surface area contributed by atoms with Gasteiger partial charge in [-0.3, -0.25) is 37.3 Å². The summed E-state index contributed by atoms with van der Waals surface area (Å²) in [6.07, 6.45) is 59.9. The molecule has 0 rings (SSSR count). The molecular formula is C83H162O17P2. The van der Waals surface area contributed by atoms with E-state index in [2.05, 4.69) is 55.4 Å². The lowest BCUT2D eigenvalue weighted by atomic mass is 9.99. The van der Waals surface area contributed by atoms with Crippen LogP contribution in [0.5, 0.6) is 0 Å². The summed E-state index contributed by atoms with van der Waals surface area (Å²) in [5.74, 6) is 0.991. The van der Waals surface area contributed by atoms with Crippen molar-refractivity contribution < 1.29 is 80.2 Å². The van der Waals surface area contributed by atoms with Crippen LogP contribution in [0.15, 0.2) is 0 Å². The first-order chi connectivity index (χ1) is 49.1. The smallest absolute Gasteiger partial charge is 0.462 e. The van der Waals surface area contributed by atoms with Gasteiger partial charge in [0.2, 0.25) is 0 Å². The highest BCUT2D eigenvalue weighted by Gasteiger charge is 2.30. The maximum atomic E-state index is 13.1. The number of hydrogen-bond donors (Lipinski definition) is 3. The molecule has 17 nitrogen and oxygen atoms in total. The van der Waals surface area contributed by atoms with Crippen LogP contribution in [-0.4, -0.2) is 96.7 Å². The summed E-state index contributed by atoms with van der Waals surface area (Å²) in [5, 5.41) is 10.6. The van der Waals surface area contributed by atoms with Gasteiger partial charge in [0.05, 0.1) is 26.4 Å². The highest BCUT2D eigenvalue weighted by Crippen LogP contribution is 2.45. The summed E-state index contributed by atoms with van der Waals surface area (Å²) in [6, 6.07) is 0. The van der Waals surface area contributed by atoms with Crippen molar-refractivity contribution in [2.45, 2.75) is 446 Å². The quantitative estimate of drug-likeness (QED) is 0.0222. The van der Waals surface area contributed by atoms with Gasteiger partial charge < -0.3 is 33.8 Å². The number of phosphoric acid groups is 2. The van der Waals surface area contributed by atoms with Crippen LogP contribution < -0.4 is 0 Å². The fourth-order valence-corrected chi connectivity index (χ4v) is 14.3. The fourth-order valence-electron chi connectivity index (χ4n) is 12.8. The Bertz CT molecular complexity index is 1990. The summed E-state index contributed by atoms with van der Waals surface area (Å²) >= 11 is 0. The molecule has 0 aliphatic carbocycles. The monoisotopic (exact) mass is 1490 g/mol. The molecule has 0 saturated carbocycles. The van der Waals surface area contributed by atoms with Crippen molar-refractivity contribution in [2.75, 3.05) is 39.6 Å². The molecular weight excluding hydrogens is 1330 g/mol. The number of phosphoric ester groups is 2. The summed E-state index contributed by atoms with van der Waals surface area (Å²) in [4.78, 5) is 73.0. The average Bonchev–Trinajstić information content (AvgIpc) is 0.910. The number of esters is 4.